The van der Waals surface area contributed by atoms with Gasteiger partial charge in [0.25, 0.3) is 5.91 Å². The van der Waals surface area contributed by atoms with Gasteiger partial charge in [0.15, 0.2) is 15.6 Å². The first kappa shape index (κ1) is 17.7. The summed E-state index contributed by atoms with van der Waals surface area (Å²) in [5.74, 6) is -0.115. The van der Waals surface area contributed by atoms with Crippen molar-refractivity contribution in [1.82, 2.24) is 9.55 Å². The summed E-state index contributed by atoms with van der Waals surface area (Å²) in [7, 11) is -3.60. The number of benzene rings is 2. The van der Waals surface area contributed by atoms with Crippen molar-refractivity contribution in [1.29, 1.82) is 0 Å². The number of hydrogen-bond acceptors (Lipinski definition) is 5. The van der Waals surface area contributed by atoms with Crippen LogP contribution in [0.4, 0.5) is 5.95 Å². The van der Waals surface area contributed by atoms with Crippen molar-refractivity contribution in [2.75, 3.05) is 11.4 Å². The van der Waals surface area contributed by atoms with E-state index in [2.05, 4.69) is 4.98 Å². The summed E-state index contributed by atoms with van der Waals surface area (Å²) in [4.78, 5) is 19.5. The lowest BCUT2D eigenvalue weighted by Crippen LogP contribution is -2.30. The molecule has 0 fully saturated rings. The number of carbonyl (C=O) groups is 1. The van der Waals surface area contributed by atoms with Crippen molar-refractivity contribution in [3.05, 3.63) is 78.3 Å². The van der Waals surface area contributed by atoms with Crippen LogP contribution in [0, 0.1) is 0 Å². The van der Waals surface area contributed by atoms with E-state index in [9.17, 15) is 13.2 Å². The Balaban J connectivity index is 1.47. The summed E-state index contributed by atoms with van der Waals surface area (Å²) in [6.45, 7) is 1.08. The lowest BCUT2D eigenvalue weighted by atomic mass is 10.2. The van der Waals surface area contributed by atoms with Crippen molar-refractivity contribution in [2.45, 2.75) is 17.2 Å². The molecular formula is C21H17N3O4S. The molecule has 1 amide bonds. The minimum Gasteiger partial charge on any atom is -0.459 e. The van der Waals surface area contributed by atoms with Gasteiger partial charge in [-0.15, -0.1) is 0 Å². The van der Waals surface area contributed by atoms with E-state index >= 15 is 0 Å². The van der Waals surface area contributed by atoms with E-state index < -0.39 is 9.84 Å². The molecule has 0 spiro atoms. The number of carbonyl (C=O) groups excluding carboxylic acids is 1. The Kier molecular flexibility index (Phi) is 4.02. The highest BCUT2D eigenvalue weighted by atomic mass is 32.2. The molecule has 2 aromatic carbocycles. The van der Waals surface area contributed by atoms with Gasteiger partial charge < -0.3 is 8.98 Å². The molecule has 0 aliphatic carbocycles. The average molecular weight is 407 g/mol. The monoisotopic (exact) mass is 407 g/mol. The van der Waals surface area contributed by atoms with Crippen LogP contribution in [0.3, 0.4) is 0 Å². The van der Waals surface area contributed by atoms with Crippen molar-refractivity contribution < 1.29 is 17.6 Å². The highest BCUT2D eigenvalue weighted by Gasteiger charge is 2.32. The summed E-state index contributed by atoms with van der Waals surface area (Å²) in [5.41, 5.74) is 2.11. The van der Waals surface area contributed by atoms with E-state index in [1.807, 2.05) is 28.8 Å². The van der Waals surface area contributed by atoms with Gasteiger partial charge in [0.2, 0.25) is 5.95 Å². The number of fused-ring (bicyclic) bond motifs is 3. The molecule has 3 heterocycles. The van der Waals surface area contributed by atoms with Gasteiger partial charge in [0, 0.05) is 18.7 Å². The Morgan fingerprint density at radius 3 is 2.59 bits per heavy atom. The van der Waals surface area contributed by atoms with Crippen LogP contribution in [0.2, 0.25) is 0 Å². The van der Waals surface area contributed by atoms with Crippen molar-refractivity contribution in [3.8, 4) is 0 Å². The molecule has 0 saturated carbocycles. The summed E-state index contributed by atoms with van der Waals surface area (Å²) in [5, 5.41) is 0. The minimum absolute atomic E-state index is 0.0324. The fraction of sp³-hybridized carbons (Fsp3) is 0.143. The van der Waals surface area contributed by atoms with Crippen molar-refractivity contribution >= 4 is 32.7 Å². The lowest BCUT2D eigenvalue weighted by molar-refractivity contribution is 0.0961. The molecule has 1 aliphatic rings. The molecule has 29 heavy (non-hydrogen) atoms. The molecule has 2 aromatic heterocycles. The van der Waals surface area contributed by atoms with Gasteiger partial charge >= 0.3 is 0 Å². The molecule has 0 atom stereocenters. The predicted molar refractivity (Wildman–Crippen MR) is 107 cm³/mol. The second-order valence-electron chi connectivity index (χ2n) is 6.86. The van der Waals surface area contributed by atoms with E-state index in [1.54, 1.807) is 30.3 Å². The Morgan fingerprint density at radius 2 is 1.76 bits per heavy atom. The van der Waals surface area contributed by atoms with Crippen LogP contribution >= 0.6 is 0 Å². The Hall–Kier alpha value is -3.39. The summed E-state index contributed by atoms with van der Waals surface area (Å²) in [6.07, 6.45) is 1.35. The summed E-state index contributed by atoms with van der Waals surface area (Å²) >= 11 is 0. The number of imidazole rings is 1. The quantitative estimate of drug-likeness (QED) is 0.518. The number of para-hydroxylation sites is 2. The Labute approximate surface area is 167 Å². The maximum Gasteiger partial charge on any atom is 0.296 e. The zero-order chi connectivity index (χ0) is 20.0. The predicted octanol–water partition coefficient (Wildman–Crippen LogP) is 3.26. The number of anilines is 1. The van der Waals surface area contributed by atoms with Crippen LogP contribution in [-0.2, 0) is 22.1 Å². The van der Waals surface area contributed by atoms with E-state index in [0.717, 1.165) is 11.0 Å². The van der Waals surface area contributed by atoms with Gasteiger partial charge in [-0.1, -0.05) is 30.3 Å². The van der Waals surface area contributed by atoms with Crippen LogP contribution in [0.25, 0.3) is 11.0 Å². The number of aromatic nitrogens is 2. The molecule has 0 N–H and O–H groups in total. The van der Waals surface area contributed by atoms with Crippen LogP contribution < -0.4 is 4.90 Å². The first-order valence-electron chi connectivity index (χ1n) is 9.16. The summed E-state index contributed by atoms with van der Waals surface area (Å²) in [6, 6.07) is 17.4. The number of nitrogens with zero attached hydrogens (tertiary/aromatic N) is 3. The number of amides is 1. The standard InChI is InChI=1S/C21H17N3O4S/c25-20(24-12-11-23-18-9-5-4-8-17(18)22-21(23)24)19-15(10-13-28-19)14-29(26,27)16-6-2-1-3-7-16/h1-10,13H,11-12,14H2. The van der Waals surface area contributed by atoms with E-state index in [4.69, 9.17) is 4.42 Å². The molecule has 0 saturated heterocycles. The highest BCUT2D eigenvalue weighted by Crippen LogP contribution is 2.29. The topological polar surface area (TPSA) is 85.4 Å². The molecule has 146 valence electrons. The Bertz CT molecular complexity index is 1320. The van der Waals surface area contributed by atoms with E-state index in [0.29, 0.717) is 24.6 Å². The second-order valence-corrected chi connectivity index (χ2v) is 8.85. The first-order valence-corrected chi connectivity index (χ1v) is 10.8. The number of furan rings is 1. The normalized spacial score (nSPS) is 13.7. The first-order chi connectivity index (χ1) is 14.0. The third-order valence-corrected chi connectivity index (χ3v) is 6.74. The SMILES string of the molecule is O=C(c1occc1CS(=O)(=O)c1ccccc1)N1CCn2c1nc1ccccc12. The molecule has 5 rings (SSSR count). The van der Waals surface area contributed by atoms with Crippen LogP contribution in [0.1, 0.15) is 16.1 Å². The fourth-order valence-corrected chi connectivity index (χ4v) is 5.03. The van der Waals surface area contributed by atoms with Crippen molar-refractivity contribution in [2.24, 2.45) is 0 Å². The third-order valence-electron chi connectivity index (χ3n) is 5.06. The smallest absolute Gasteiger partial charge is 0.296 e. The molecule has 4 aromatic rings. The zero-order valence-corrected chi connectivity index (χ0v) is 16.2. The Morgan fingerprint density at radius 1 is 1.00 bits per heavy atom. The van der Waals surface area contributed by atoms with Crippen LogP contribution in [-0.4, -0.2) is 30.4 Å². The van der Waals surface area contributed by atoms with Gasteiger partial charge in [-0.2, -0.15) is 0 Å². The molecular weight excluding hydrogens is 390 g/mol. The maximum absolute atomic E-state index is 13.2. The molecule has 0 bridgehead atoms. The van der Waals surface area contributed by atoms with Gasteiger partial charge in [0.1, 0.15) is 0 Å². The van der Waals surface area contributed by atoms with Crippen LogP contribution in [0.5, 0.6) is 0 Å². The molecule has 0 radical (unpaired) electrons. The average Bonchev–Trinajstić information content (AvgIpc) is 3.43. The molecule has 0 unspecified atom stereocenters. The van der Waals surface area contributed by atoms with Gasteiger partial charge in [0.05, 0.1) is 27.9 Å². The molecule has 1 aliphatic heterocycles. The molecule has 7 nitrogen and oxygen atoms in total. The minimum atomic E-state index is -3.60. The maximum atomic E-state index is 13.2. The van der Waals surface area contributed by atoms with Gasteiger partial charge in [-0.3, -0.25) is 9.69 Å². The lowest BCUT2D eigenvalue weighted by Gasteiger charge is -2.13. The number of hydrogen-bond donors (Lipinski definition) is 0. The second kappa shape index (κ2) is 6.59. The molecule has 8 heteroatoms. The highest BCUT2D eigenvalue weighted by molar-refractivity contribution is 7.90. The fourth-order valence-electron chi connectivity index (χ4n) is 3.66. The third kappa shape index (κ3) is 2.92. The van der Waals surface area contributed by atoms with Gasteiger partial charge in [-0.05, 0) is 30.3 Å². The van der Waals surface area contributed by atoms with Gasteiger partial charge in [-0.25, -0.2) is 13.4 Å². The van der Waals surface area contributed by atoms with E-state index in [1.165, 1.54) is 17.2 Å². The van der Waals surface area contributed by atoms with Crippen LogP contribution in [0.15, 0.2) is 76.2 Å². The van der Waals surface area contributed by atoms with Crippen molar-refractivity contribution in [3.63, 3.8) is 0 Å². The largest absolute Gasteiger partial charge is 0.459 e. The number of rotatable bonds is 4. The zero-order valence-electron chi connectivity index (χ0n) is 15.4. The van der Waals surface area contributed by atoms with E-state index in [-0.39, 0.29) is 22.3 Å². The summed E-state index contributed by atoms with van der Waals surface area (Å²) < 4.78 is 32.9. The number of sulfone groups is 1.